The largest absolute Gasteiger partial charge is 0.455 e. The highest BCUT2D eigenvalue weighted by atomic mass is 32.1. The summed E-state index contributed by atoms with van der Waals surface area (Å²) in [6.07, 6.45) is 0. The number of thiophene rings is 1. The topological polar surface area (TPSA) is 38.9 Å². The van der Waals surface area contributed by atoms with Gasteiger partial charge in [0.1, 0.15) is 11.2 Å². The molecule has 8 rings (SSSR count). The van der Waals surface area contributed by atoms with Crippen molar-refractivity contribution >= 4 is 43.4 Å². The van der Waals surface area contributed by atoms with Crippen LogP contribution in [0.5, 0.6) is 0 Å². The first-order valence-electron chi connectivity index (χ1n) is 13.3. The fourth-order valence-corrected chi connectivity index (χ4v) is 6.46. The average molecular weight is 531 g/mol. The first-order valence-corrected chi connectivity index (χ1v) is 14.1. The van der Waals surface area contributed by atoms with Gasteiger partial charge in [0.25, 0.3) is 0 Å². The second-order valence-electron chi connectivity index (χ2n) is 9.80. The van der Waals surface area contributed by atoms with Crippen LogP contribution in [0.1, 0.15) is 0 Å². The molecular weight excluding hydrogens is 508 g/mol. The highest BCUT2D eigenvalue weighted by molar-refractivity contribution is 7.22. The number of hydrogen-bond donors (Lipinski definition) is 0. The summed E-state index contributed by atoms with van der Waals surface area (Å²) in [6.45, 7) is 0. The number of fused-ring (bicyclic) bond motifs is 4. The van der Waals surface area contributed by atoms with E-state index in [9.17, 15) is 0 Å². The third-order valence-electron chi connectivity index (χ3n) is 7.34. The molecule has 3 heterocycles. The first kappa shape index (κ1) is 22.9. The lowest BCUT2D eigenvalue weighted by atomic mass is 9.97. The van der Waals surface area contributed by atoms with E-state index < -0.39 is 0 Å². The summed E-state index contributed by atoms with van der Waals surface area (Å²) >= 11 is 1.75. The fraction of sp³-hybridized carbons (Fsp3) is 0. The molecule has 8 aromatic rings. The Hall–Kier alpha value is -5.06. The van der Waals surface area contributed by atoms with E-state index in [1.165, 1.54) is 10.1 Å². The monoisotopic (exact) mass is 530 g/mol. The molecule has 0 bridgehead atoms. The molecule has 0 aliphatic heterocycles. The molecule has 0 radical (unpaired) electrons. The fourth-order valence-electron chi connectivity index (χ4n) is 5.44. The van der Waals surface area contributed by atoms with Crippen molar-refractivity contribution in [3.63, 3.8) is 0 Å². The number of aromatic nitrogens is 2. The Morgan fingerprint density at radius 2 is 1.23 bits per heavy atom. The van der Waals surface area contributed by atoms with E-state index in [0.717, 1.165) is 60.5 Å². The van der Waals surface area contributed by atoms with Gasteiger partial charge in [-0.2, -0.15) is 0 Å². The average Bonchev–Trinajstić information content (AvgIpc) is 3.63. The molecule has 3 aromatic heterocycles. The van der Waals surface area contributed by atoms with E-state index >= 15 is 0 Å². The lowest BCUT2D eigenvalue weighted by Gasteiger charge is -2.12. The van der Waals surface area contributed by atoms with E-state index in [1.807, 2.05) is 24.3 Å². The zero-order valence-corrected chi connectivity index (χ0v) is 22.2. The van der Waals surface area contributed by atoms with Crippen LogP contribution in [0.2, 0.25) is 0 Å². The smallest absolute Gasteiger partial charge is 0.164 e. The summed E-state index contributed by atoms with van der Waals surface area (Å²) in [7, 11) is 0. The third kappa shape index (κ3) is 3.81. The number of nitrogens with zero attached hydrogens (tertiary/aromatic N) is 2. The highest BCUT2D eigenvalue weighted by Gasteiger charge is 2.18. The van der Waals surface area contributed by atoms with Crippen LogP contribution >= 0.6 is 11.3 Å². The molecular formula is C36H22N2OS. The maximum absolute atomic E-state index is 6.39. The normalized spacial score (nSPS) is 11.5. The second-order valence-corrected chi connectivity index (χ2v) is 10.9. The molecule has 0 amide bonds. The summed E-state index contributed by atoms with van der Waals surface area (Å²) in [4.78, 5) is 11.5. The lowest BCUT2D eigenvalue weighted by Crippen LogP contribution is -1.96. The molecule has 3 nitrogen and oxygen atoms in total. The zero-order chi connectivity index (χ0) is 26.5. The van der Waals surface area contributed by atoms with Gasteiger partial charge in [-0.3, -0.25) is 0 Å². The molecule has 0 aliphatic carbocycles. The van der Waals surface area contributed by atoms with Gasteiger partial charge >= 0.3 is 0 Å². The standard InChI is InChI=1S/C36H22N2OS/c1-2-11-23(12-3-1)25-14-5-6-15-26(25)30-22-31(34-21-24-13-4-9-20-33(24)40-34)38-36(37-30)29-18-10-17-28-27-16-7-8-19-32(27)39-35(28)29/h1-22H. The van der Waals surface area contributed by atoms with Crippen LogP contribution in [0.4, 0.5) is 0 Å². The molecule has 40 heavy (non-hydrogen) atoms. The number of rotatable bonds is 4. The number of hydrogen-bond acceptors (Lipinski definition) is 4. The Kier molecular flexibility index (Phi) is 5.32. The SMILES string of the molecule is c1ccc(-c2ccccc2-c2cc(-c3cc4ccccc4s3)nc(-c3cccc4c3oc3ccccc34)n2)cc1. The van der Waals surface area contributed by atoms with Crippen LogP contribution in [0.25, 0.3) is 76.4 Å². The van der Waals surface area contributed by atoms with Crippen molar-refractivity contribution in [2.24, 2.45) is 0 Å². The van der Waals surface area contributed by atoms with Crippen molar-refractivity contribution in [3.8, 4) is 44.3 Å². The summed E-state index contributed by atoms with van der Waals surface area (Å²) in [5.74, 6) is 0.650. The van der Waals surface area contributed by atoms with E-state index in [2.05, 4.69) is 109 Å². The molecule has 0 spiro atoms. The van der Waals surface area contributed by atoms with Crippen LogP contribution in [0.15, 0.2) is 138 Å². The zero-order valence-electron chi connectivity index (χ0n) is 21.4. The summed E-state index contributed by atoms with van der Waals surface area (Å²) in [6, 6.07) is 46.1. The van der Waals surface area contributed by atoms with Gasteiger partial charge in [-0.25, -0.2) is 9.97 Å². The maximum atomic E-state index is 6.39. The van der Waals surface area contributed by atoms with Crippen molar-refractivity contribution in [2.75, 3.05) is 0 Å². The predicted molar refractivity (Wildman–Crippen MR) is 166 cm³/mol. The molecule has 0 saturated heterocycles. The van der Waals surface area contributed by atoms with Gasteiger partial charge in [-0.05, 0) is 46.8 Å². The van der Waals surface area contributed by atoms with Gasteiger partial charge in [0.2, 0.25) is 0 Å². The summed E-state index contributed by atoms with van der Waals surface area (Å²) in [5.41, 5.74) is 7.69. The molecule has 0 N–H and O–H groups in total. The van der Waals surface area contributed by atoms with E-state index in [-0.39, 0.29) is 0 Å². The Morgan fingerprint density at radius 1 is 0.525 bits per heavy atom. The lowest BCUT2D eigenvalue weighted by molar-refractivity contribution is 0.669. The van der Waals surface area contributed by atoms with Gasteiger partial charge in [0.05, 0.1) is 21.8 Å². The first-order chi connectivity index (χ1) is 19.8. The molecule has 0 aliphatic rings. The van der Waals surface area contributed by atoms with E-state index in [1.54, 1.807) is 11.3 Å². The minimum atomic E-state index is 0.650. The van der Waals surface area contributed by atoms with Gasteiger partial charge < -0.3 is 4.42 Å². The van der Waals surface area contributed by atoms with Crippen molar-refractivity contribution in [1.29, 1.82) is 0 Å². The van der Waals surface area contributed by atoms with Crippen molar-refractivity contribution < 1.29 is 4.42 Å². The molecule has 4 heteroatoms. The minimum Gasteiger partial charge on any atom is -0.455 e. The van der Waals surface area contributed by atoms with Gasteiger partial charge in [-0.1, -0.05) is 103 Å². The van der Waals surface area contributed by atoms with Gasteiger partial charge in [0, 0.05) is 21.0 Å². The van der Waals surface area contributed by atoms with Crippen LogP contribution in [-0.4, -0.2) is 9.97 Å². The number of para-hydroxylation sites is 2. The predicted octanol–water partition coefficient (Wildman–Crippen LogP) is 10.3. The minimum absolute atomic E-state index is 0.650. The van der Waals surface area contributed by atoms with Crippen molar-refractivity contribution in [1.82, 2.24) is 9.97 Å². The Morgan fingerprint density at radius 3 is 2.12 bits per heavy atom. The van der Waals surface area contributed by atoms with Crippen LogP contribution in [0, 0.1) is 0 Å². The Balaban J connectivity index is 1.40. The van der Waals surface area contributed by atoms with Crippen LogP contribution in [0.3, 0.4) is 0 Å². The number of benzene rings is 5. The van der Waals surface area contributed by atoms with Crippen LogP contribution in [-0.2, 0) is 0 Å². The highest BCUT2D eigenvalue weighted by Crippen LogP contribution is 2.39. The van der Waals surface area contributed by atoms with E-state index in [4.69, 9.17) is 14.4 Å². The molecule has 0 fully saturated rings. The van der Waals surface area contributed by atoms with Crippen molar-refractivity contribution in [3.05, 3.63) is 133 Å². The van der Waals surface area contributed by atoms with Gasteiger partial charge in [0.15, 0.2) is 5.82 Å². The number of furan rings is 1. The Bertz CT molecular complexity index is 2140. The molecule has 0 saturated carbocycles. The summed E-state index contributed by atoms with van der Waals surface area (Å²) < 4.78 is 7.63. The van der Waals surface area contributed by atoms with Crippen LogP contribution < -0.4 is 0 Å². The molecule has 0 atom stereocenters. The quantitative estimate of drug-likeness (QED) is 0.227. The molecule has 0 unspecified atom stereocenters. The summed E-state index contributed by atoms with van der Waals surface area (Å²) in [5, 5.41) is 3.37. The second kappa shape index (κ2) is 9.30. The van der Waals surface area contributed by atoms with Gasteiger partial charge in [-0.15, -0.1) is 11.3 Å². The maximum Gasteiger partial charge on any atom is 0.164 e. The third-order valence-corrected chi connectivity index (χ3v) is 8.48. The Labute approximate surface area is 235 Å². The van der Waals surface area contributed by atoms with E-state index in [0.29, 0.717) is 5.82 Å². The molecule has 188 valence electrons. The molecule has 5 aromatic carbocycles. The van der Waals surface area contributed by atoms with Crippen molar-refractivity contribution in [2.45, 2.75) is 0 Å².